The number of nitrogens with one attached hydrogen (secondary N) is 2. The molecule has 116 valence electrons. The van der Waals surface area contributed by atoms with E-state index in [1.165, 1.54) is 11.3 Å². The maximum atomic E-state index is 12.0. The molecule has 0 unspecified atom stereocenters. The van der Waals surface area contributed by atoms with Crippen molar-refractivity contribution in [2.75, 3.05) is 5.32 Å². The van der Waals surface area contributed by atoms with Crippen molar-refractivity contribution >= 4 is 28.8 Å². The number of aromatic nitrogens is 1. The van der Waals surface area contributed by atoms with Gasteiger partial charge in [-0.25, -0.2) is 4.98 Å². The van der Waals surface area contributed by atoms with Gasteiger partial charge in [0.15, 0.2) is 0 Å². The van der Waals surface area contributed by atoms with Crippen molar-refractivity contribution < 1.29 is 9.59 Å². The molecule has 0 bridgehead atoms. The normalized spacial score (nSPS) is 10.4. The minimum absolute atomic E-state index is 0.309. The van der Waals surface area contributed by atoms with Gasteiger partial charge < -0.3 is 10.6 Å². The molecule has 1 aromatic heterocycles. The fourth-order valence-corrected chi connectivity index (χ4v) is 3.02. The van der Waals surface area contributed by atoms with Crippen LogP contribution in [0.3, 0.4) is 0 Å². The van der Waals surface area contributed by atoms with E-state index >= 15 is 0 Å². The molecule has 0 fully saturated rings. The van der Waals surface area contributed by atoms with Gasteiger partial charge in [0.1, 0.15) is 0 Å². The minimum atomic E-state index is -0.656. The van der Waals surface area contributed by atoms with Gasteiger partial charge in [0.05, 0.1) is 11.6 Å². The molecule has 0 radical (unpaired) electrons. The number of carbonyl (C=O) groups is 2. The summed E-state index contributed by atoms with van der Waals surface area (Å²) in [5.74, 6) is -1.30. The first-order valence-electron chi connectivity index (χ1n) is 6.95. The van der Waals surface area contributed by atoms with Gasteiger partial charge in [-0.2, -0.15) is 0 Å². The smallest absolute Gasteiger partial charge is 0.313 e. The highest BCUT2D eigenvalue weighted by molar-refractivity contribution is 7.11. The number of amides is 2. The molecular weight excluding hydrogens is 298 g/mol. The highest BCUT2D eigenvalue weighted by Crippen LogP contribution is 2.21. The van der Waals surface area contributed by atoms with E-state index in [0.29, 0.717) is 12.2 Å². The Kier molecular flexibility index (Phi) is 4.92. The molecule has 2 amide bonds. The molecule has 1 heterocycles. The van der Waals surface area contributed by atoms with E-state index in [2.05, 4.69) is 15.6 Å². The molecule has 0 aliphatic heterocycles. The number of anilines is 1. The van der Waals surface area contributed by atoms with Gasteiger partial charge in [-0.3, -0.25) is 9.59 Å². The summed E-state index contributed by atoms with van der Waals surface area (Å²) in [6.45, 7) is 8.02. The van der Waals surface area contributed by atoms with Gasteiger partial charge in [0, 0.05) is 16.8 Å². The number of benzene rings is 1. The van der Waals surface area contributed by atoms with Crippen molar-refractivity contribution in [3.8, 4) is 0 Å². The van der Waals surface area contributed by atoms with Crippen molar-refractivity contribution in [3.63, 3.8) is 0 Å². The summed E-state index contributed by atoms with van der Waals surface area (Å²) in [6.07, 6.45) is 1.70. The molecule has 22 heavy (non-hydrogen) atoms. The number of hydrogen-bond acceptors (Lipinski definition) is 4. The Bertz CT molecular complexity index is 699. The second-order valence-electron chi connectivity index (χ2n) is 5.26. The van der Waals surface area contributed by atoms with Crippen LogP contribution >= 0.6 is 11.3 Å². The summed E-state index contributed by atoms with van der Waals surface area (Å²) < 4.78 is 0. The van der Waals surface area contributed by atoms with Crippen LogP contribution in [0.15, 0.2) is 18.3 Å². The van der Waals surface area contributed by atoms with Crippen LogP contribution in [-0.2, 0) is 16.1 Å². The molecule has 1 aromatic carbocycles. The number of carbonyl (C=O) groups excluding carboxylic acids is 2. The lowest BCUT2D eigenvalue weighted by molar-refractivity contribution is -0.136. The van der Waals surface area contributed by atoms with Gasteiger partial charge in [0.25, 0.3) is 0 Å². The molecule has 2 rings (SSSR count). The lowest BCUT2D eigenvalue weighted by Gasteiger charge is -2.12. The molecule has 0 saturated heterocycles. The Hall–Kier alpha value is -2.21. The first kappa shape index (κ1) is 16.2. The van der Waals surface area contributed by atoms with E-state index in [4.69, 9.17) is 0 Å². The molecule has 0 atom stereocenters. The third kappa shape index (κ3) is 3.92. The summed E-state index contributed by atoms with van der Waals surface area (Å²) in [4.78, 5) is 28.9. The Balaban J connectivity index is 1.98. The van der Waals surface area contributed by atoms with Crippen LogP contribution in [0.1, 0.15) is 26.6 Å². The highest BCUT2D eigenvalue weighted by atomic mass is 32.1. The first-order valence-corrected chi connectivity index (χ1v) is 7.77. The fraction of sp³-hybridized carbons (Fsp3) is 0.312. The van der Waals surface area contributed by atoms with E-state index in [9.17, 15) is 9.59 Å². The van der Waals surface area contributed by atoms with Gasteiger partial charge in [-0.1, -0.05) is 17.7 Å². The van der Waals surface area contributed by atoms with Crippen LogP contribution in [0.4, 0.5) is 5.69 Å². The molecular formula is C16H19N3O2S. The zero-order valence-corrected chi connectivity index (χ0v) is 13.9. The molecule has 6 heteroatoms. The quantitative estimate of drug-likeness (QED) is 0.855. The second kappa shape index (κ2) is 6.70. The van der Waals surface area contributed by atoms with Crippen LogP contribution in [0, 0.1) is 27.7 Å². The van der Waals surface area contributed by atoms with Gasteiger partial charge in [-0.05, 0) is 38.8 Å². The van der Waals surface area contributed by atoms with Crippen molar-refractivity contribution in [1.29, 1.82) is 0 Å². The van der Waals surface area contributed by atoms with Crippen molar-refractivity contribution in [3.05, 3.63) is 44.9 Å². The average Bonchev–Trinajstić information content (AvgIpc) is 2.85. The Morgan fingerprint density at radius 3 is 2.27 bits per heavy atom. The van der Waals surface area contributed by atoms with Crippen molar-refractivity contribution in [1.82, 2.24) is 10.3 Å². The van der Waals surface area contributed by atoms with Crippen LogP contribution in [0.5, 0.6) is 0 Å². The standard InChI is InChI=1S/C16H19N3O2S/c1-9-5-10(2)14(11(3)6-9)19-16(21)15(20)18-8-13-7-17-12(4)22-13/h5-7H,8H2,1-4H3,(H,18,20)(H,19,21). The van der Waals surface area contributed by atoms with Crippen molar-refractivity contribution in [2.24, 2.45) is 0 Å². The third-order valence-electron chi connectivity index (χ3n) is 3.21. The lowest BCUT2D eigenvalue weighted by Crippen LogP contribution is -2.35. The monoisotopic (exact) mass is 317 g/mol. The summed E-state index contributed by atoms with van der Waals surface area (Å²) in [7, 11) is 0. The van der Waals surface area contributed by atoms with Crippen LogP contribution in [-0.4, -0.2) is 16.8 Å². The second-order valence-corrected chi connectivity index (χ2v) is 6.58. The first-order chi connectivity index (χ1) is 10.4. The minimum Gasteiger partial charge on any atom is -0.343 e. The molecule has 2 N–H and O–H groups in total. The zero-order valence-electron chi connectivity index (χ0n) is 13.1. The molecule has 5 nitrogen and oxygen atoms in total. The molecule has 0 saturated carbocycles. The topological polar surface area (TPSA) is 71.1 Å². The number of thiazole rings is 1. The summed E-state index contributed by atoms with van der Waals surface area (Å²) in [5.41, 5.74) is 3.70. The van der Waals surface area contributed by atoms with Gasteiger partial charge >= 0.3 is 11.8 Å². The largest absolute Gasteiger partial charge is 0.343 e. The summed E-state index contributed by atoms with van der Waals surface area (Å²) in [5, 5.41) is 6.22. The summed E-state index contributed by atoms with van der Waals surface area (Å²) in [6, 6.07) is 3.95. The van der Waals surface area contributed by atoms with E-state index in [-0.39, 0.29) is 0 Å². The fourth-order valence-electron chi connectivity index (χ4n) is 2.28. The van der Waals surface area contributed by atoms with Gasteiger partial charge in [-0.15, -0.1) is 11.3 Å². The Labute approximate surface area is 133 Å². The SMILES string of the molecule is Cc1cc(C)c(NC(=O)C(=O)NCc2cnc(C)s2)c(C)c1. The van der Waals surface area contributed by atoms with Crippen LogP contribution in [0.25, 0.3) is 0 Å². The molecule has 0 aliphatic carbocycles. The van der Waals surface area contributed by atoms with Crippen LogP contribution < -0.4 is 10.6 Å². The van der Waals surface area contributed by atoms with E-state index in [1.54, 1.807) is 6.20 Å². The molecule has 0 spiro atoms. The van der Waals surface area contributed by atoms with E-state index in [1.807, 2.05) is 39.8 Å². The Morgan fingerprint density at radius 2 is 1.73 bits per heavy atom. The number of nitrogens with zero attached hydrogens (tertiary/aromatic N) is 1. The van der Waals surface area contributed by atoms with Crippen LogP contribution in [0.2, 0.25) is 0 Å². The zero-order chi connectivity index (χ0) is 16.3. The third-order valence-corrected chi connectivity index (χ3v) is 4.13. The van der Waals surface area contributed by atoms with Crippen molar-refractivity contribution in [2.45, 2.75) is 34.2 Å². The highest BCUT2D eigenvalue weighted by Gasteiger charge is 2.16. The number of hydrogen-bond donors (Lipinski definition) is 2. The Morgan fingerprint density at radius 1 is 1.09 bits per heavy atom. The number of rotatable bonds is 3. The maximum absolute atomic E-state index is 12.0. The van der Waals surface area contributed by atoms with Gasteiger partial charge in [0.2, 0.25) is 0 Å². The molecule has 2 aromatic rings. The lowest BCUT2D eigenvalue weighted by atomic mass is 10.1. The predicted octanol–water partition coefficient (Wildman–Crippen LogP) is 2.63. The molecule has 0 aliphatic rings. The predicted molar refractivity (Wildman–Crippen MR) is 88.0 cm³/mol. The summed E-state index contributed by atoms with van der Waals surface area (Å²) >= 11 is 1.49. The van der Waals surface area contributed by atoms with E-state index in [0.717, 1.165) is 26.6 Å². The number of aryl methyl sites for hydroxylation is 4. The van der Waals surface area contributed by atoms with E-state index < -0.39 is 11.8 Å². The maximum Gasteiger partial charge on any atom is 0.313 e. The average molecular weight is 317 g/mol.